The van der Waals surface area contributed by atoms with Gasteiger partial charge in [-0.2, -0.15) is 0 Å². The first-order chi connectivity index (χ1) is 18.8. The molecule has 3 aromatic rings. The quantitative estimate of drug-likeness (QED) is 0.0784. The van der Waals surface area contributed by atoms with E-state index in [9.17, 15) is 8.63 Å². The Hall–Kier alpha value is -1.88. The molecule has 0 N–H and O–H groups in total. The van der Waals surface area contributed by atoms with E-state index >= 15 is 17.6 Å². The minimum atomic E-state index is -3.09. The molecule has 0 aliphatic carbocycles. The summed E-state index contributed by atoms with van der Waals surface area (Å²) < 4.78 is 98.4. The van der Waals surface area contributed by atoms with Gasteiger partial charge in [-0.25, -0.2) is 17.6 Å². The van der Waals surface area contributed by atoms with E-state index < -0.39 is 46.7 Å². The molecule has 40 heavy (non-hydrogen) atoms. The molecule has 0 radical (unpaired) electrons. The zero-order valence-corrected chi connectivity index (χ0v) is 27.0. The largest absolute Gasteiger partial charge is 0.677 e. The second-order valence-corrected chi connectivity index (χ2v) is 12.1. The Labute approximate surface area is 259 Å². The number of ether oxygens (including phenoxy) is 1. The van der Waals surface area contributed by atoms with Gasteiger partial charge in [-0.05, 0) is 102 Å². The summed E-state index contributed by atoms with van der Waals surface area (Å²) in [5, 5.41) is 0. The van der Waals surface area contributed by atoms with Gasteiger partial charge in [0.1, 0.15) is 5.75 Å². The van der Waals surface area contributed by atoms with Crippen molar-refractivity contribution in [3.8, 4) is 5.75 Å². The highest BCUT2D eigenvalue weighted by Gasteiger charge is 2.37. The molecular formula is C27H21BF6I2N2OS. The van der Waals surface area contributed by atoms with Gasteiger partial charge >= 0.3 is 7.40 Å². The van der Waals surface area contributed by atoms with E-state index in [2.05, 4.69) is 4.99 Å². The molecule has 0 amide bonds. The number of rotatable bonds is 7. The number of aliphatic imine (C=N–C) groups is 1. The maximum Gasteiger partial charge on any atom is 0.677 e. The van der Waals surface area contributed by atoms with Crippen molar-refractivity contribution in [1.82, 2.24) is 4.48 Å². The lowest BCUT2D eigenvalue weighted by Gasteiger charge is -2.19. The normalized spacial score (nSPS) is 14.7. The number of nitrogens with zero attached hydrogens (tertiary/aromatic N) is 2. The van der Waals surface area contributed by atoms with E-state index in [4.69, 9.17) is 4.74 Å². The van der Waals surface area contributed by atoms with Crippen LogP contribution in [0.3, 0.4) is 0 Å². The molecule has 1 aliphatic heterocycles. The van der Waals surface area contributed by atoms with Crippen LogP contribution in [-0.2, 0) is 5.75 Å². The first kappa shape index (κ1) is 31.1. The van der Waals surface area contributed by atoms with Crippen molar-refractivity contribution in [2.45, 2.75) is 38.3 Å². The number of benzene rings is 2. The summed E-state index contributed by atoms with van der Waals surface area (Å²) in [7, 11) is -1.61. The maximum absolute atomic E-state index is 15.9. The molecule has 13 heteroatoms. The van der Waals surface area contributed by atoms with Crippen molar-refractivity contribution in [2.24, 2.45) is 4.99 Å². The number of allylic oxidation sites excluding steroid dienone is 2. The molecule has 2 aromatic carbocycles. The fourth-order valence-electron chi connectivity index (χ4n) is 4.48. The third kappa shape index (κ3) is 5.37. The van der Waals surface area contributed by atoms with Gasteiger partial charge in [-0.3, -0.25) is 13.6 Å². The third-order valence-corrected chi connectivity index (χ3v) is 10.9. The zero-order chi connectivity index (χ0) is 29.6. The average molecular weight is 800 g/mol. The molecule has 4 rings (SSSR count). The molecule has 0 saturated carbocycles. The minimum absolute atomic E-state index is 0.0122. The Morgan fingerprint density at radius 3 is 2.00 bits per heavy atom. The third-order valence-electron chi connectivity index (χ3n) is 6.57. The van der Waals surface area contributed by atoms with Crippen LogP contribution in [0.25, 0.3) is 5.57 Å². The highest BCUT2D eigenvalue weighted by molar-refractivity contribution is 14.1. The second kappa shape index (κ2) is 12.2. The molecule has 0 atom stereocenters. The van der Waals surface area contributed by atoms with Crippen LogP contribution >= 0.6 is 56.9 Å². The number of thioether (sulfide) groups is 1. The van der Waals surface area contributed by atoms with Crippen LogP contribution in [-0.4, -0.2) is 24.7 Å². The highest BCUT2D eigenvalue weighted by Crippen LogP contribution is 2.45. The summed E-state index contributed by atoms with van der Waals surface area (Å²) in [6, 6.07) is 6.62. The highest BCUT2D eigenvalue weighted by atomic mass is 127. The molecule has 210 valence electrons. The van der Waals surface area contributed by atoms with Crippen LogP contribution < -0.4 is 4.74 Å². The van der Waals surface area contributed by atoms with Gasteiger partial charge in [0.2, 0.25) is 0 Å². The first-order valence-corrected chi connectivity index (χ1v) is 14.9. The van der Waals surface area contributed by atoms with Crippen LogP contribution in [0.4, 0.5) is 26.2 Å². The second-order valence-electron chi connectivity index (χ2n) is 8.98. The predicted molar refractivity (Wildman–Crippen MR) is 165 cm³/mol. The number of hydrogen-bond donors (Lipinski definition) is 0. The lowest BCUT2D eigenvalue weighted by atomic mass is 9.93. The molecule has 0 fully saturated rings. The van der Waals surface area contributed by atoms with Gasteiger partial charge < -0.3 is 9.21 Å². The average Bonchev–Trinajstić information content (AvgIpc) is 3.31. The first-order valence-electron chi connectivity index (χ1n) is 11.8. The number of methoxy groups -OCH3 is 1. The predicted octanol–water partition coefficient (Wildman–Crippen LogP) is 9.28. The molecule has 1 aliphatic rings. The summed E-state index contributed by atoms with van der Waals surface area (Å²) >= 11 is 4.43. The summed E-state index contributed by atoms with van der Waals surface area (Å²) in [6.07, 6.45) is 0. The molecule has 3 nitrogen and oxygen atoms in total. The molecule has 1 aromatic heterocycles. The van der Waals surface area contributed by atoms with Gasteiger partial charge in [0.05, 0.1) is 29.0 Å². The van der Waals surface area contributed by atoms with Crippen LogP contribution in [0.2, 0.25) is 0 Å². The lowest BCUT2D eigenvalue weighted by Crippen LogP contribution is -2.19. The molecule has 2 heterocycles. The minimum Gasteiger partial charge on any atom is -0.497 e. The molecule has 0 saturated heterocycles. The van der Waals surface area contributed by atoms with Crippen LogP contribution in [0.5, 0.6) is 5.75 Å². The molecule has 0 bridgehead atoms. The SMILES string of the molecule is COc1ccc(CSc2c(F)c(F)c(/C(=C3\N=C(C)C(I)=C3C)c3c(C)c(I)c(C)n3B(F)F)c(F)c2F)cc1. The van der Waals surface area contributed by atoms with Gasteiger partial charge in [0.25, 0.3) is 0 Å². The zero-order valence-electron chi connectivity index (χ0n) is 21.8. The van der Waals surface area contributed by atoms with E-state index in [1.54, 1.807) is 38.1 Å². The standard InChI is InChI=1S/C27H21BF6I2N2OS/c1-11-23(35)13(3)37-25(11)18(26-12(2)24(36)14(4)38(26)28(33)34)17-19(29)21(31)27(22(32)20(17)30)40-10-15-6-8-16(39-5)9-7-15/h6-9H,10H2,1-5H3/b25-18+. The van der Waals surface area contributed by atoms with Gasteiger partial charge in [0.15, 0.2) is 23.3 Å². The maximum atomic E-state index is 15.9. The summed E-state index contributed by atoms with van der Waals surface area (Å²) in [5.74, 6) is -6.01. The van der Waals surface area contributed by atoms with Crippen molar-refractivity contribution in [3.05, 3.63) is 94.0 Å². The fourth-order valence-corrected chi connectivity index (χ4v) is 6.31. The van der Waals surface area contributed by atoms with E-state index in [1.165, 1.54) is 21.0 Å². The van der Waals surface area contributed by atoms with E-state index in [-0.39, 0.29) is 28.4 Å². The summed E-state index contributed by atoms with van der Waals surface area (Å²) in [6.45, 7) is 6.22. The van der Waals surface area contributed by atoms with Crippen LogP contribution in [0, 0.1) is 40.7 Å². The van der Waals surface area contributed by atoms with Crippen molar-refractivity contribution in [2.75, 3.05) is 7.11 Å². The molecular weight excluding hydrogens is 779 g/mol. The Morgan fingerprint density at radius 1 is 0.950 bits per heavy atom. The lowest BCUT2D eigenvalue weighted by molar-refractivity contribution is 0.414. The van der Waals surface area contributed by atoms with Crippen LogP contribution in [0.1, 0.15) is 41.9 Å². The Morgan fingerprint density at radius 2 is 1.52 bits per heavy atom. The topological polar surface area (TPSA) is 26.5 Å². The van der Waals surface area contributed by atoms with Gasteiger partial charge in [-0.15, -0.1) is 11.8 Å². The van der Waals surface area contributed by atoms with Crippen molar-refractivity contribution in [3.63, 3.8) is 0 Å². The summed E-state index contributed by atoms with van der Waals surface area (Å²) in [4.78, 5) is 3.55. The van der Waals surface area contributed by atoms with Crippen molar-refractivity contribution in [1.29, 1.82) is 0 Å². The molecule has 0 unspecified atom stereocenters. The monoisotopic (exact) mass is 800 g/mol. The molecule has 0 spiro atoms. The smallest absolute Gasteiger partial charge is 0.497 e. The van der Waals surface area contributed by atoms with Crippen LogP contribution in [0.15, 0.2) is 49.0 Å². The van der Waals surface area contributed by atoms with E-state index in [1.807, 2.05) is 45.2 Å². The van der Waals surface area contributed by atoms with Crippen molar-refractivity contribution < 1.29 is 30.9 Å². The van der Waals surface area contributed by atoms with E-state index in [0.717, 1.165) is 0 Å². The Bertz CT molecular complexity index is 1590. The Kier molecular flexibility index (Phi) is 9.44. The Balaban J connectivity index is 1.98. The number of hydrogen-bond acceptors (Lipinski definition) is 3. The van der Waals surface area contributed by atoms with Gasteiger partial charge in [-0.1, -0.05) is 12.1 Å². The van der Waals surface area contributed by atoms with Gasteiger partial charge in [0, 0.05) is 29.9 Å². The fraction of sp³-hybridized carbons (Fsp3) is 0.222. The summed E-state index contributed by atoms with van der Waals surface area (Å²) in [5.41, 5.74) is 0.175. The van der Waals surface area contributed by atoms with E-state index in [0.29, 0.717) is 46.0 Å². The van der Waals surface area contributed by atoms with Crippen molar-refractivity contribution >= 4 is 75.6 Å². The number of aromatic nitrogens is 1. The number of halogens is 8.